The maximum atomic E-state index is 15.4. The Morgan fingerprint density at radius 3 is 0.783 bits per heavy atom. The predicted molar refractivity (Wildman–Crippen MR) is 249 cm³/mol. The van der Waals surface area contributed by atoms with E-state index in [1.54, 1.807) is 97.1 Å². The summed E-state index contributed by atoms with van der Waals surface area (Å²) in [6.45, 7) is 0. The van der Waals surface area contributed by atoms with Crippen molar-refractivity contribution in [1.29, 1.82) is 0 Å². The Morgan fingerprint density at radius 1 is 0.367 bits per heavy atom. The molecule has 0 saturated carbocycles. The van der Waals surface area contributed by atoms with Crippen LogP contribution >= 0.6 is 48.9 Å². The molecule has 302 valence electrons. The minimum atomic E-state index is -1.94. The fourth-order valence-corrected chi connectivity index (χ4v) is 10.4. The summed E-state index contributed by atoms with van der Waals surface area (Å²) in [5.41, 5.74) is 21.4. The Labute approximate surface area is 368 Å². The van der Waals surface area contributed by atoms with Crippen LogP contribution < -0.4 is 32.7 Å². The highest BCUT2D eigenvalue weighted by Crippen LogP contribution is 2.57. The zero-order valence-electron chi connectivity index (χ0n) is 32.2. The molecule has 0 spiro atoms. The van der Waals surface area contributed by atoms with Crippen molar-refractivity contribution in [3.05, 3.63) is 168 Å². The number of hydrogen-bond acceptors (Lipinski definition) is 8. The van der Waals surface area contributed by atoms with E-state index in [0.717, 1.165) is 9.80 Å². The molecule has 4 atom stereocenters. The van der Waals surface area contributed by atoms with Crippen LogP contribution in [0.3, 0.4) is 0 Å². The second-order valence-corrected chi connectivity index (χ2v) is 16.9. The van der Waals surface area contributed by atoms with Crippen LogP contribution in [0.15, 0.2) is 146 Å². The normalized spacial score (nSPS) is 23.8. The largest absolute Gasteiger partial charge is 0.392 e. The van der Waals surface area contributed by atoms with E-state index in [2.05, 4.69) is 0 Å². The molecule has 5 aromatic rings. The number of hydrogen-bond donors (Lipinski definition) is 4. The molecule has 7 rings (SSSR count). The van der Waals surface area contributed by atoms with E-state index in [-0.39, 0.29) is 57.0 Å². The lowest BCUT2D eigenvalue weighted by Crippen LogP contribution is -2.60. The van der Waals surface area contributed by atoms with E-state index < -0.39 is 45.3 Å². The smallest absolute Gasteiger partial charge is 0.248 e. The average molecular weight is 869 g/mol. The molecule has 2 aliphatic rings. The molecule has 2 saturated heterocycles. The van der Waals surface area contributed by atoms with E-state index in [1.807, 2.05) is 24.3 Å². The minimum absolute atomic E-state index is 0.00263. The molecule has 60 heavy (non-hydrogen) atoms. The molecular weight excluding hydrogens is 829 g/mol. The summed E-state index contributed by atoms with van der Waals surface area (Å²) in [4.78, 5) is 62.2. The zero-order chi connectivity index (χ0) is 43.0. The molecule has 5 aromatic carbocycles. The predicted octanol–water partition coefficient (Wildman–Crippen LogP) is 5.49. The molecule has 0 bridgehead atoms. The van der Waals surface area contributed by atoms with Gasteiger partial charge >= 0.3 is 0 Å². The van der Waals surface area contributed by atoms with Gasteiger partial charge in [0.1, 0.15) is 21.7 Å². The van der Waals surface area contributed by atoms with Gasteiger partial charge in [-0.25, -0.2) is 9.80 Å². The summed E-state index contributed by atoms with van der Waals surface area (Å²) in [6.07, 6.45) is -0.432. The van der Waals surface area contributed by atoms with Gasteiger partial charge in [0.05, 0.1) is 31.3 Å². The number of nitrogens with zero attached hydrogens (tertiary/aromatic N) is 2. The van der Waals surface area contributed by atoms with Crippen LogP contribution in [0, 0.1) is 21.7 Å². The standard InChI is InChI=1S/C46H40N6O4S4/c47-35(57)43(25-29-14-5-1-6-15-29)39(53)51(40(54)44(43,36(48)58)26-30-16-7-2-8-17-30)33-22-13-23-34(24-33)52-41(55)45(37(49)59,27-31-18-9-3-10-19-31)46(38(50)60,42(52)56)28-32-20-11-4-12-21-32/h1-24H,25-28H2,(H2,47,57)(H2,48,58)(H2,49,59)(H2,50,60). The number of imide groups is 2. The fourth-order valence-electron chi connectivity index (χ4n) is 9.04. The molecule has 0 aliphatic carbocycles. The van der Waals surface area contributed by atoms with E-state index in [0.29, 0.717) is 22.3 Å². The Kier molecular flexibility index (Phi) is 11.3. The number of carbonyl (C=O) groups is 4. The number of nitrogens with two attached hydrogens (primary N) is 4. The Balaban J connectivity index is 1.42. The number of amides is 4. The molecule has 0 radical (unpaired) electrons. The summed E-state index contributed by atoms with van der Waals surface area (Å²) in [5, 5.41) is 0. The summed E-state index contributed by atoms with van der Waals surface area (Å²) in [6, 6.07) is 41.9. The third-order valence-electron chi connectivity index (χ3n) is 12.0. The Morgan fingerprint density at radius 2 is 0.583 bits per heavy atom. The van der Waals surface area contributed by atoms with Crippen LogP contribution in [0.2, 0.25) is 0 Å². The van der Waals surface area contributed by atoms with Gasteiger partial charge in [0.25, 0.3) is 0 Å². The molecule has 8 N–H and O–H groups in total. The zero-order valence-corrected chi connectivity index (χ0v) is 35.4. The van der Waals surface area contributed by atoms with Crippen LogP contribution in [-0.2, 0) is 44.9 Å². The van der Waals surface area contributed by atoms with Crippen molar-refractivity contribution in [1.82, 2.24) is 0 Å². The molecule has 2 fully saturated rings. The highest BCUT2D eigenvalue weighted by atomic mass is 32.1. The highest BCUT2D eigenvalue weighted by molar-refractivity contribution is 7.81. The quantitative estimate of drug-likeness (QED) is 0.0816. The van der Waals surface area contributed by atoms with E-state index in [1.165, 1.54) is 24.3 Å². The molecule has 14 heteroatoms. The fraction of sp³-hybridized carbons (Fsp3) is 0.174. The van der Waals surface area contributed by atoms with Crippen molar-refractivity contribution in [2.24, 2.45) is 44.6 Å². The van der Waals surface area contributed by atoms with Crippen LogP contribution in [0.25, 0.3) is 0 Å². The number of anilines is 2. The SMILES string of the molecule is NC(=S)C1(Cc2ccccc2)C(=O)N(c2cccc(N3C(=O)C(Cc4ccccc4)(C(N)=S)C(Cc4ccccc4)(C(N)=S)C3=O)c2)C(=O)C1(Cc1ccccc1)C(N)=S. The number of carbonyl (C=O) groups excluding carboxylic acids is 4. The molecule has 10 nitrogen and oxygen atoms in total. The highest BCUT2D eigenvalue weighted by Gasteiger charge is 2.74. The van der Waals surface area contributed by atoms with Crippen LogP contribution in [-0.4, -0.2) is 43.6 Å². The first-order chi connectivity index (χ1) is 28.7. The van der Waals surface area contributed by atoms with Crippen molar-refractivity contribution in [2.75, 3.05) is 9.80 Å². The van der Waals surface area contributed by atoms with Gasteiger partial charge in [0.15, 0.2) is 0 Å². The van der Waals surface area contributed by atoms with Crippen molar-refractivity contribution in [2.45, 2.75) is 25.7 Å². The molecule has 4 amide bonds. The molecule has 0 aromatic heterocycles. The van der Waals surface area contributed by atoms with Crippen LogP contribution in [0.1, 0.15) is 22.3 Å². The summed E-state index contributed by atoms with van der Waals surface area (Å²) >= 11 is 23.0. The van der Waals surface area contributed by atoms with Crippen molar-refractivity contribution < 1.29 is 19.2 Å². The van der Waals surface area contributed by atoms with Crippen molar-refractivity contribution >= 4 is 104 Å². The topological polar surface area (TPSA) is 179 Å². The summed E-state index contributed by atoms with van der Waals surface area (Å²) in [7, 11) is 0. The lowest BCUT2D eigenvalue weighted by atomic mass is 9.59. The third kappa shape index (κ3) is 6.33. The number of rotatable bonds is 14. The third-order valence-corrected chi connectivity index (χ3v) is 13.4. The van der Waals surface area contributed by atoms with E-state index >= 15 is 19.2 Å². The van der Waals surface area contributed by atoms with E-state index in [9.17, 15) is 0 Å². The van der Waals surface area contributed by atoms with Gasteiger partial charge in [-0.05, 0) is 66.1 Å². The van der Waals surface area contributed by atoms with Gasteiger partial charge < -0.3 is 22.9 Å². The monoisotopic (exact) mass is 868 g/mol. The van der Waals surface area contributed by atoms with Crippen molar-refractivity contribution in [3.63, 3.8) is 0 Å². The molecular formula is C46H40N6O4S4. The first-order valence-corrected chi connectivity index (χ1v) is 20.6. The van der Waals surface area contributed by atoms with Gasteiger partial charge in [0.2, 0.25) is 23.6 Å². The lowest BCUT2D eigenvalue weighted by molar-refractivity contribution is -0.125. The van der Waals surface area contributed by atoms with Gasteiger partial charge in [-0.3, -0.25) is 19.2 Å². The number of thiocarbonyl (C=S) groups is 4. The first-order valence-electron chi connectivity index (χ1n) is 18.9. The van der Waals surface area contributed by atoms with Crippen LogP contribution in [0.4, 0.5) is 11.4 Å². The summed E-state index contributed by atoms with van der Waals surface area (Å²) in [5.74, 6) is -3.09. The Hall–Kier alpha value is -6.06. The van der Waals surface area contributed by atoms with Crippen molar-refractivity contribution in [3.8, 4) is 0 Å². The molecule has 2 heterocycles. The second kappa shape index (κ2) is 16.2. The average Bonchev–Trinajstić information content (AvgIpc) is 3.54. The number of benzene rings is 5. The summed E-state index contributed by atoms with van der Waals surface area (Å²) < 4.78 is 0. The Bertz CT molecular complexity index is 2250. The molecule has 4 unspecified atom stereocenters. The van der Waals surface area contributed by atoms with Gasteiger partial charge in [-0.2, -0.15) is 0 Å². The maximum Gasteiger partial charge on any atom is 0.248 e. The molecule has 2 aliphatic heterocycles. The lowest BCUT2D eigenvalue weighted by Gasteiger charge is -2.40. The van der Waals surface area contributed by atoms with Gasteiger partial charge in [-0.15, -0.1) is 0 Å². The van der Waals surface area contributed by atoms with E-state index in [4.69, 9.17) is 71.8 Å². The minimum Gasteiger partial charge on any atom is -0.392 e. The van der Waals surface area contributed by atoms with Crippen LogP contribution in [0.5, 0.6) is 0 Å². The van der Waals surface area contributed by atoms with Gasteiger partial charge in [0, 0.05) is 0 Å². The van der Waals surface area contributed by atoms with Gasteiger partial charge in [-0.1, -0.05) is 176 Å². The maximum absolute atomic E-state index is 15.4. The second-order valence-electron chi connectivity index (χ2n) is 15.1. The first kappa shape index (κ1) is 42.1.